The molecule has 1 N–H and O–H groups in total. The summed E-state index contributed by atoms with van der Waals surface area (Å²) in [6, 6.07) is 15.6. The van der Waals surface area contributed by atoms with Gasteiger partial charge in [-0.05, 0) is 54.8 Å². The molecule has 9 heteroatoms. The Morgan fingerprint density at radius 3 is 2.64 bits per heavy atom. The third-order valence-electron chi connectivity index (χ3n) is 5.66. The molecule has 2 aromatic heterocycles. The normalized spacial score (nSPS) is 14.2. The van der Waals surface area contributed by atoms with Crippen LogP contribution >= 0.6 is 0 Å². The van der Waals surface area contributed by atoms with Crippen LogP contribution in [-0.2, 0) is 22.7 Å². The summed E-state index contributed by atoms with van der Waals surface area (Å²) in [4.78, 5) is 28.5. The number of hydrogen-bond donors (Lipinski definition) is 1. The topological polar surface area (TPSA) is 93.3 Å². The maximum atomic E-state index is 13.6. The molecule has 2 aromatic carbocycles. The van der Waals surface area contributed by atoms with Gasteiger partial charge in [0.05, 0.1) is 18.3 Å². The van der Waals surface area contributed by atoms with Gasteiger partial charge in [-0.25, -0.2) is 9.07 Å². The minimum absolute atomic E-state index is 0.0554. The van der Waals surface area contributed by atoms with Gasteiger partial charge in [-0.1, -0.05) is 29.5 Å². The second-order valence-corrected chi connectivity index (χ2v) is 8.02. The van der Waals surface area contributed by atoms with Gasteiger partial charge in [0.2, 0.25) is 11.8 Å². The minimum atomic E-state index is -0.907. The van der Waals surface area contributed by atoms with Crippen molar-refractivity contribution in [2.45, 2.75) is 38.0 Å². The molecule has 1 saturated carbocycles. The Labute approximate surface area is 189 Å². The zero-order chi connectivity index (χ0) is 22.8. The van der Waals surface area contributed by atoms with Crippen LogP contribution < -0.4 is 5.32 Å². The molecular formula is C24H22FN5O3. The Balaban J connectivity index is 1.44. The average Bonchev–Trinajstić information content (AvgIpc) is 3.36. The lowest BCUT2D eigenvalue weighted by atomic mass is 10.0. The molecule has 4 aromatic rings. The molecule has 0 spiro atoms. The summed E-state index contributed by atoms with van der Waals surface area (Å²) in [5.74, 6) is -0.427. The SMILES string of the molecule is O=C(NCc1ccco1)[C@H](c1ccc(F)cc1)N(C(=O)Cn1nnc2ccccc21)C1CC1. The maximum absolute atomic E-state index is 13.6. The Hall–Kier alpha value is -4.01. The first-order valence-electron chi connectivity index (χ1n) is 10.7. The molecule has 1 fully saturated rings. The number of amides is 2. The number of nitrogens with one attached hydrogen (secondary N) is 1. The van der Waals surface area contributed by atoms with Crippen LogP contribution in [0, 0.1) is 5.82 Å². The highest BCUT2D eigenvalue weighted by molar-refractivity contribution is 5.89. The monoisotopic (exact) mass is 447 g/mol. The van der Waals surface area contributed by atoms with Crippen molar-refractivity contribution < 1.29 is 18.4 Å². The van der Waals surface area contributed by atoms with Crippen molar-refractivity contribution in [3.63, 3.8) is 0 Å². The first-order chi connectivity index (χ1) is 16.1. The number of hydrogen-bond acceptors (Lipinski definition) is 5. The number of fused-ring (bicyclic) bond motifs is 1. The summed E-state index contributed by atoms with van der Waals surface area (Å²) < 4.78 is 20.4. The number of halogens is 1. The van der Waals surface area contributed by atoms with Gasteiger partial charge in [-0.15, -0.1) is 5.10 Å². The van der Waals surface area contributed by atoms with Gasteiger partial charge in [-0.2, -0.15) is 0 Å². The molecule has 33 heavy (non-hydrogen) atoms. The first-order valence-corrected chi connectivity index (χ1v) is 10.7. The molecular weight excluding hydrogens is 425 g/mol. The van der Waals surface area contributed by atoms with Gasteiger partial charge in [0.15, 0.2) is 0 Å². The Bertz CT molecular complexity index is 1270. The van der Waals surface area contributed by atoms with Crippen LogP contribution in [0.3, 0.4) is 0 Å². The van der Waals surface area contributed by atoms with E-state index in [0.717, 1.165) is 18.4 Å². The van der Waals surface area contributed by atoms with Crippen molar-refractivity contribution in [3.8, 4) is 0 Å². The van der Waals surface area contributed by atoms with Gasteiger partial charge >= 0.3 is 0 Å². The number of aromatic nitrogens is 3. The predicted molar refractivity (Wildman–Crippen MR) is 117 cm³/mol. The van der Waals surface area contributed by atoms with Crippen molar-refractivity contribution in [1.82, 2.24) is 25.2 Å². The van der Waals surface area contributed by atoms with Crippen molar-refractivity contribution in [3.05, 3.63) is 84.1 Å². The van der Waals surface area contributed by atoms with Gasteiger partial charge in [0.25, 0.3) is 0 Å². The van der Waals surface area contributed by atoms with E-state index in [9.17, 15) is 14.0 Å². The van der Waals surface area contributed by atoms with Crippen molar-refractivity contribution in [1.29, 1.82) is 0 Å². The fourth-order valence-corrected chi connectivity index (χ4v) is 3.92. The molecule has 0 aliphatic heterocycles. The van der Waals surface area contributed by atoms with Gasteiger partial charge in [0, 0.05) is 6.04 Å². The quantitative estimate of drug-likeness (QED) is 0.448. The van der Waals surface area contributed by atoms with Crippen LogP contribution in [0.25, 0.3) is 11.0 Å². The van der Waals surface area contributed by atoms with E-state index in [-0.39, 0.29) is 30.9 Å². The van der Waals surface area contributed by atoms with E-state index in [2.05, 4.69) is 15.6 Å². The number of rotatable bonds is 8. The molecule has 1 aliphatic rings. The number of nitrogens with zero attached hydrogens (tertiary/aromatic N) is 4. The van der Waals surface area contributed by atoms with E-state index < -0.39 is 11.9 Å². The highest BCUT2D eigenvalue weighted by Crippen LogP contribution is 2.35. The van der Waals surface area contributed by atoms with E-state index in [1.807, 2.05) is 24.3 Å². The lowest BCUT2D eigenvalue weighted by Crippen LogP contribution is -2.46. The number of furan rings is 1. The van der Waals surface area contributed by atoms with Crippen LogP contribution in [0.4, 0.5) is 4.39 Å². The number of carbonyl (C=O) groups excluding carboxylic acids is 2. The van der Waals surface area contributed by atoms with Crippen LogP contribution in [0.2, 0.25) is 0 Å². The molecule has 2 amide bonds. The number of para-hydroxylation sites is 1. The van der Waals surface area contributed by atoms with Crippen molar-refractivity contribution >= 4 is 22.8 Å². The molecule has 168 valence electrons. The summed E-state index contributed by atoms with van der Waals surface area (Å²) >= 11 is 0. The maximum Gasteiger partial charge on any atom is 0.247 e. The second kappa shape index (κ2) is 8.85. The largest absolute Gasteiger partial charge is 0.467 e. The molecule has 0 bridgehead atoms. The highest BCUT2D eigenvalue weighted by Gasteiger charge is 2.41. The van der Waals surface area contributed by atoms with E-state index in [0.29, 0.717) is 16.8 Å². The van der Waals surface area contributed by atoms with E-state index >= 15 is 0 Å². The lowest BCUT2D eigenvalue weighted by Gasteiger charge is -2.31. The highest BCUT2D eigenvalue weighted by atomic mass is 19.1. The third kappa shape index (κ3) is 4.48. The van der Waals surface area contributed by atoms with Crippen molar-refractivity contribution in [2.24, 2.45) is 0 Å². The first kappa shape index (κ1) is 20.9. The summed E-state index contributed by atoms with van der Waals surface area (Å²) in [6.07, 6.45) is 3.13. The van der Waals surface area contributed by atoms with Crippen LogP contribution in [0.1, 0.15) is 30.2 Å². The van der Waals surface area contributed by atoms with E-state index in [1.54, 1.807) is 29.2 Å². The summed E-state index contributed by atoms with van der Waals surface area (Å²) in [6.45, 7) is 0.129. The van der Waals surface area contributed by atoms with Crippen molar-refractivity contribution in [2.75, 3.05) is 0 Å². The smallest absolute Gasteiger partial charge is 0.247 e. The summed E-state index contributed by atoms with van der Waals surface area (Å²) in [5, 5.41) is 11.1. The van der Waals surface area contributed by atoms with Crippen LogP contribution in [0.5, 0.6) is 0 Å². The Morgan fingerprint density at radius 1 is 1.12 bits per heavy atom. The zero-order valence-electron chi connectivity index (χ0n) is 17.7. The van der Waals surface area contributed by atoms with E-state index in [4.69, 9.17) is 4.42 Å². The molecule has 0 radical (unpaired) electrons. The van der Waals surface area contributed by atoms with Gasteiger partial charge < -0.3 is 14.6 Å². The summed E-state index contributed by atoms with van der Waals surface area (Å²) in [7, 11) is 0. The molecule has 5 rings (SSSR count). The minimum Gasteiger partial charge on any atom is -0.467 e. The van der Waals surface area contributed by atoms with Gasteiger partial charge in [0.1, 0.15) is 29.7 Å². The molecule has 2 heterocycles. The Kier molecular flexibility index (Phi) is 5.60. The van der Waals surface area contributed by atoms with Gasteiger partial charge in [-0.3, -0.25) is 9.59 Å². The molecule has 0 unspecified atom stereocenters. The zero-order valence-corrected chi connectivity index (χ0v) is 17.7. The predicted octanol–water partition coefficient (Wildman–Crippen LogP) is 3.21. The standard InChI is InChI=1S/C24H22FN5O3/c25-17-9-7-16(8-10-17)23(24(32)26-14-19-4-3-13-33-19)30(18-11-12-18)22(31)15-29-21-6-2-1-5-20(21)27-28-29/h1-10,13,18,23H,11-12,14-15H2,(H,26,32)/t23-/m0/s1. The molecule has 1 aliphatic carbocycles. The number of carbonyl (C=O) groups is 2. The second-order valence-electron chi connectivity index (χ2n) is 8.02. The van der Waals surface area contributed by atoms with Crippen LogP contribution in [0.15, 0.2) is 71.3 Å². The molecule has 8 nitrogen and oxygen atoms in total. The van der Waals surface area contributed by atoms with Crippen LogP contribution in [-0.4, -0.2) is 37.7 Å². The lowest BCUT2D eigenvalue weighted by molar-refractivity contribution is -0.142. The molecule has 1 atom stereocenters. The molecule has 0 saturated heterocycles. The Morgan fingerprint density at radius 2 is 1.91 bits per heavy atom. The van der Waals surface area contributed by atoms with E-state index in [1.165, 1.54) is 23.1 Å². The summed E-state index contributed by atoms with van der Waals surface area (Å²) in [5.41, 5.74) is 1.97. The number of benzene rings is 2. The third-order valence-corrected chi connectivity index (χ3v) is 5.66. The average molecular weight is 447 g/mol. The fraction of sp³-hybridized carbons (Fsp3) is 0.250. The fourth-order valence-electron chi connectivity index (χ4n) is 3.92.